The van der Waals surface area contributed by atoms with Gasteiger partial charge in [-0.2, -0.15) is 19.0 Å². The van der Waals surface area contributed by atoms with E-state index < -0.39 is 20.8 Å². The van der Waals surface area contributed by atoms with Gasteiger partial charge in [0, 0.05) is 38.4 Å². The summed E-state index contributed by atoms with van der Waals surface area (Å²) in [6, 6.07) is 15.7. The minimum absolute atomic E-state index is 0.000818. The van der Waals surface area contributed by atoms with Crippen molar-refractivity contribution in [1.29, 1.82) is 0 Å². The summed E-state index contributed by atoms with van der Waals surface area (Å²) in [5.74, 6) is 0.00495. The number of aromatic nitrogens is 4. The molecule has 1 unspecified atom stereocenters. The molecule has 5 rings (SSSR count). The highest BCUT2D eigenvalue weighted by molar-refractivity contribution is 6.76. The molecule has 2 aromatic heterocycles. The fourth-order valence-electron chi connectivity index (χ4n) is 5.12. The van der Waals surface area contributed by atoms with Gasteiger partial charge < -0.3 is 28.4 Å². The van der Waals surface area contributed by atoms with E-state index in [1.165, 1.54) is 6.07 Å². The number of hydrogen-bond donors (Lipinski definition) is 0. The molecule has 1 aliphatic rings. The van der Waals surface area contributed by atoms with Gasteiger partial charge >= 0.3 is 6.11 Å². The molecule has 0 saturated carbocycles. The molecule has 0 N–H and O–H groups in total. The Labute approximate surface area is 275 Å². The van der Waals surface area contributed by atoms with Crippen molar-refractivity contribution in [2.24, 2.45) is 0 Å². The van der Waals surface area contributed by atoms with Gasteiger partial charge in [0.2, 0.25) is 0 Å². The largest absolute Gasteiger partial charge is 0.431 e. The molecule has 256 valence electrons. The van der Waals surface area contributed by atoms with Gasteiger partial charge in [-0.05, 0) is 49.1 Å². The fraction of sp³-hybridized carbons (Fsp3) is 0.529. The van der Waals surface area contributed by atoms with E-state index in [1.54, 1.807) is 23.0 Å². The topological polar surface area (TPSA) is 91.0 Å². The van der Waals surface area contributed by atoms with Crippen LogP contribution in [0.2, 0.25) is 25.7 Å². The van der Waals surface area contributed by atoms with Gasteiger partial charge in [0.15, 0.2) is 12.8 Å². The van der Waals surface area contributed by atoms with Crippen LogP contribution in [0.1, 0.15) is 31.1 Å². The molecule has 47 heavy (non-hydrogen) atoms. The molecule has 13 heteroatoms. The Kier molecular flexibility index (Phi) is 12.5. The molecule has 1 atom stereocenters. The van der Waals surface area contributed by atoms with Gasteiger partial charge in [-0.3, -0.25) is 0 Å². The quantitative estimate of drug-likeness (QED) is 0.0768. The van der Waals surface area contributed by atoms with Gasteiger partial charge in [-0.15, -0.1) is 0 Å². The molecule has 3 heterocycles. The van der Waals surface area contributed by atoms with Crippen LogP contribution in [0, 0.1) is 0 Å². The van der Waals surface area contributed by atoms with Crippen molar-refractivity contribution in [2.45, 2.75) is 70.6 Å². The number of halogens is 2. The molecule has 1 saturated heterocycles. The lowest BCUT2D eigenvalue weighted by Crippen LogP contribution is -2.31. The van der Waals surface area contributed by atoms with Gasteiger partial charge in [-0.1, -0.05) is 50.0 Å². The minimum atomic E-state index is -3.55. The molecule has 4 aromatic rings. The number of alkyl halides is 2. The smallest absolute Gasteiger partial charge is 0.421 e. The van der Waals surface area contributed by atoms with Crippen LogP contribution in [-0.4, -0.2) is 80.0 Å². The van der Waals surface area contributed by atoms with Crippen LogP contribution in [0.25, 0.3) is 22.2 Å². The zero-order chi connectivity index (χ0) is 33.1. The average molecular weight is 673 g/mol. The second-order valence-corrected chi connectivity index (χ2v) is 18.5. The average Bonchev–Trinajstić information content (AvgIpc) is 3.67. The van der Waals surface area contributed by atoms with Gasteiger partial charge in [-0.25, -0.2) is 9.36 Å². The molecule has 0 amide bonds. The number of ether oxygens (including phenoxy) is 6. The first-order valence-electron chi connectivity index (χ1n) is 16.3. The van der Waals surface area contributed by atoms with Gasteiger partial charge in [0.05, 0.1) is 44.7 Å². The number of rotatable bonds is 19. The fourth-order valence-corrected chi connectivity index (χ4v) is 5.88. The summed E-state index contributed by atoms with van der Waals surface area (Å²) >= 11 is 0. The van der Waals surface area contributed by atoms with Crippen molar-refractivity contribution < 1.29 is 37.2 Å². The summed E-state index contributed by atoms with van der Waals surface area (Å²) in [4.78, 5) is 0. The van der Waals surface area contributed by atoms with E-state index in [0.717, 1.165) is 42.0 Å². The van der Waals surface area contributed by atoms with Crippen LogP contribution in [0.4, 0.5) is 8.78 Å². The lowest BCUT2D eigenvalue weighted by Gasteiger charge is -2.23. The summed E-state index contributed by atoms with van der Waals surface area (Å²) in [6.45, 7) is 9.06. The van der Waals surface area contributed by atoms with E-state index in [2.05, 4.69) is 24.7 Å². The molecule has 0 aliphatic carbocycles. The highest BCUT2D eigenvalue weighted by Gasteiger charge is 2.33. The van der Waals surface area contributed by atoms with Gasteiger partial charge in [0.25, 0.3) is 0 Å². The maximum atomic E-state index is 14.8. The highest BCUT2D eigenvalue weighted by atomic mass is 28.3. The normalized spacial score (nSPS) is 15.8. The predicted molar refractivity (Wildman–Crippen MR) is 177 cm³/mol. The second-order valence-electron chi connectivity index (χ2n) is 12.9. The summed E-state index contributed by atoms with van der Waals surface area (Å²) in [5, 5.41) is 10.0. The number of nitrogens with zero attached hydrogens (tertiary/aromatic N) is 4. The molecular weight excluding hydrogens is 626 g/mol. The summed E-state index contributed by atoms with van der Waals surface area (Å²) < 4.78 is 66.4. The number of benzene rings is 2. The minimum Gasteiger partial charge on any atom is -0.431 e. The zero-order valence-corrected chi connectivity index (χ0v) is 28.5. The molecule has 1 fully saturated rings. The Morgan fingerprint density at radius 3 is 2.49 bits per heavy atom. The van der Waals surface area contributed by atoms with Crippen LogP contribution in [0.5, 0.6) is 5.75 Å². The highest BCUT2D eigenvalue weighted by Crippen LogP contribution is 2.36. The van der Waals surface area contributed by atoms with Crippen LogP contribution < -0.4 is 4.74 Å². The van der Waals surface area contributed by atoms with E-state index in [0.29, 0.717) is 50.8 Å². The van der Waals surface area contributed by atoms with Crippen LogP contribution in [-0.2, 0) is 37.0 Å². The standard InChI is InChI=1S/C34H46F2N4O6Si/c1-47(2,3)20-19-44-26-39-23-28(22-37-39)33-30-21-29(12-13-31(30)40(38-33)32-11-7-8-14-45-32)46-34(35,36)25-43-18-16-41-15-17-42-24-27-9-5-4-6-10-27/h4-6,9-10,12-13,21-23,32H,7-8,11,14-20,24-26H2,1-3H3. The molecule has 0 spiro atoms. The maximum absolute atomic E-state index is 14.8. The molecular formula is C34H46F2N4O6Si. The molecule has 2 aromatic carbocycles. The van der Waals surface area contributed by atoms with E-state index in [9.17, 15) is 8.78 Å². The van der Waals surface area contributed by atoms with Crippen molar-refractivity contribution in [3.05, 3.63) is 66.5 Å². The van der Waals surface area contributed by atoms with Crippen LogP contribution in [0.3, 0.4) is 0 Å². The van der Waals surface area contributed by atoms with E-state index in [-0.39, 0.29) is 25.2 Å². The molecule has 0 radical (unpaired) electrons. The lowest BCUT2D eigenvalue weighted by atomic mass is 10.1. The van der Waals surface area contributed by atoms with Crippen LogP contribution in [0.15, 0.2) is 60.9 Å². The third-order valence-electron chi connectivity index (χ3n) is 7.63. The van der Waals surface area contributed by atoms with E-state index >= 15 is 0 Å². The summed E-state index contributed by atoms with van der Waals surface area (Å²) in [5.41, 5.74) is 3.20. The zero-order valence-electron chi connectivity index (χ0n) is 27.5. The summed E-state index contributed by atoms with van der Waals surface area (Å²) in [7, 11) is -1.20. The molecule has 1 aliphatic heterocycles. The Morgan fingerprint density at radius 1 is 0.936 bits per heavy atom. The maximum Gasteiger partial charge on any atom is 0.421 e. The SMILES string of the molecule is C[Si](C)(C)CCOCn1cc(-c2nn(C3CCCCO3)c3ccc(OC(F)(F)COCCOCCOCc4ccccc4)cc23)cn1. The van der Waals surface area contributed by atoms with Crippen molar-refractivity contribution in [2.75, 3.05) is 46.2 Å². The first kappa shape index (κ1) is 35.1. The monoisotopic (exact) mass is 672 g/mol. The van der Waals surface area contributed by atoms with Crippen molar-refractivity contribution in [3.8, 4) is 17.0 Å². The first-order chi connectivity index (χ1) is 22.7. The summed E-state index contributed by atoms with van der Waals surface area (Å²) in [6.07, 6.45) is 2.62. The van der Waals surface area contributed by atoms with Crippen molar-refractivity contribution in [3.63, 3.8) is 0 Å². The van der Waals surface area contributed by atoms with E-state index in [1.807, 2.05) is 41.2 Å². The van der Waals surface area contributed by atoms with E-state index in [4.69, 9.17) is 33.5 Å². The number of fused-ring (bicyclic) bond motifs is 1. The second kappa shape index (κ2) is 16.8. The van der Waals surface area contributed by atoms with Gasteiger partial charge in [0.1, 0.15) is 18.2 Å². The third-order valence-corrected chi connectivity index (χ3v) is 9.33. The Morgan fingerprint density at radius 2 is 1.72 bits per heavy atom. The van der Waals surface area contributed by atoms with Crippen LogP contribution >= 0.6 is 0 Å². The first-order valence-corrected chi connectivity index (χ1v) is 20.0. The lowest BCUT2D eigenvalue weighted by molar-refractivity contribution is -0.213. The molecule has 0 bridgehead atoms. The van der Waals surface area contributed by atoms with Crippen molar-refractivity contribution >= 4 is 19.0 Å². The van der Waals surface area contributed by atoms with Crippen molar-refractivity contribution in [1.82, 2.24) is 19.6 Å². The predicted octanol–water partition coefficient (Wildman–Crippen LogP) is 7.13. The Bertz CT molecular complexity index is 1520. The Balaban J connectivity index is 1.16. The third kappa shape index (κ3) is 10.9. The Hall–Kier alpha value is -3.20. The number of hydrogen-bond acceptors (Lipinski definition) is 8. The molecule has 10 nitrogen and oxygen atoms in total.